The first kappa shape index (κ1) is 30.9. The summed E-state index contributed by atoms with van der Waals surface area (Å²) in [5.41, 5.74) is 2.85. The molecular formula is C24H28N3O9S3-3. The molecule has 0 aliphatic rings. The molecule has 15 heteroatoms. The molecule has 2 aromatic heterocycles. The smallest absolute Gasteiger partial charge is 0.119 e. The van der Waals surface area contributed by atoms with E-state index in [4.69, 9.17) is 9.47 Å². The number of likely N-dealkylation sites (N-methyl/N-ethyl adjacent to an activating group) is 1. The fourth-order valence-corrected chi connectivity index (χ4v) is 5.24. The molecule has 0 aliphatic carbocycles. The van der Waals surface area contributed by atoms with Crippen molar-refractivity contribution in [1.29, 1.82) is 0 Å². The van der Waals surface area contributed by atoms with Gasteiger partial charge >= 0.3 is 0 Å². The lowest BCUT2D eigenvalue weighted by Gasteiger charge is -2.08. The average Bonchev–Trinajstić information content (AvgIpc) is 3.45. The van der Waals surface area contributed by atoms with Gasteiger partial charge in [0.15, 0.2) is 0 Å². The zero-order valence-corrected chi connectivity index (χ0v) is 24.1. The van der Waals surface area contributed by atoms with Gasteiger partial charge in [0.05, 0.1) is 65.8 Å². The normalized spacial score (nSPS) is 13.7. The number of hydrogen-bond acceptors (Lipinski definition) is 10. The summed E-state index contributed by atoms with van der Waals surface area (Å²) < 4.78 is 82.5. The summed E-state index contributed by atoms with van der Waals surface area (Å²) in [5, 5.41) is 1.60. The van der Waals surface area contributed by atoms with E-state index in [-0.39, 0.29) is 13.0 Å². The van der Waals surface area contributed by atoms with E-state index in [1.807, 2.05) is 20.2 Å². The highest BCUT2D eigenvalue weighted by Gasteiger charge is 2.11. The number of fused-ring (bicyclic) bond motifs is 2. The second-order valence-electron chi connectivity index (χ2n) is 8.49. The molecule has 0 N–H and O–H groups in total. The molecule has 0 bridgehead atoms. The molecule has 0 radical (unpaired) electrons. The molecule has 3 atom stereocenters. The Bertz CT molecular complexity index is 1500. The molecule has 0 aliphatic heterocycles. The van der Waals surface area contributed by atoms with Gasteiger partial charge in [0.2, 0.25) is 0 Å². The van der Waals surface area contributed by atoms with E-state index in [9.17, 15) is 26.3 Å². The third kappa shape index (κ3) is 7.95. The molecule has 0 spiro atoms. The molecule has 0 saturated heterocycles. The van der Waals surface area contributed by atoms with Crippen LogP contribution in [0.4, 0.5) is 0 Å². The molecule has 2 heterocycles. The number of methoxy groups -OCH3 is 2. The highest BCUT2D eigenvalue weighted by atomic mass is 32.2. The Kier molecular flexibility index (Phi) is 11.2. The first-order valence-electron chi connectivity index (χ1n) is 11.5. The van der Waals surface area contributed by atoms with Crippen LogP contribution < -0.4 is 9.47 Å². The second-order valence-corrected chi connectivity index (χ2v) is 10.8. The summed E-state index contributed by atoms with van der Waals surface area (Å²) >= 11 is -7.32. The number of ether oxygens (including phenoxy) is 2. The number of benzene rings is 2. The molecule has 39 heavy (non-hydrogen) atoms. The minimum atomic E-state index is -2.58. The van der Waals surface area contributed by atoms with Crippen molar-refractivity contribution < 1.29 is 39.9 Å². The summed E-state index contributed by atoms with van der Waals surface area (Å²) in [4.78, 5) is 2.07. The molecular weight excluding hydrogens is 570 g/mol. The lowest BCUT2D eigenvalue weighted by atomic mass is 10.1. The van der Waals surface area contributed by atoms with Crippen LogP contribution in [0, 0.1) is 0 Å². The van der Waals surface area contributed by atoms with Crippen LogP contribution >= 0.6 is 0 Å². The Labute approximate surface area is 233 Å². The van der Waals surface area contributed by atoms with Crippen LogP contribution in [0.25, 0.3) is 21.8 Å². The van der Waals surface area contributed by atoms with Gasteiger partial charge < -0.3 is 32.2 Å². The summed E-state index contributed by atoms with van der Waals surface area (Å²) in [6.07, 6.45) is 4.17. The maximum absolute atomic E-state index is 11.2. The van der Waals surface area contributed by atoms with E-state index in [1.54, 1.807) is 43.6 Å². The van der Waals surface area contributed by atoms with Crippen molar-refractivity contribution in [2.75, 3.05) is 41.5 Å². The van der Waals surface area contributed by atoms with Gasteiger partial charge in [-0.2, -0.15) is 0 Å². The van der Waals surface area contributed by atoms with Crippen molar-refractivity contribution >= 4 is 55.7 Å². The number of aromatic nitrogens is 2. The molecule has 12 nitrogen and oxygen atoms in total. The molecule has 214 valence electrons. The summed E-state index contributed by atoms with van der Waals surface area (Å²) in [7, 11) is 7.09. The van der Waals surface area contributed by atoms with Gasteiger partial charge in [-0.15, -0.1) is 0 Å². The van der Waals surface area contributed by atoms with E-state index in [0.717, 1.165) is 33.6 Å². The lowest BCUT2D eigenvalue weighted by molar-refractivity contribution is 0.304. The highest BCUT2D eigenvalue weighted by molar-refractivity contribution is 7.78. The largest absolute Gasteiger partial charge is 0.755 e. The zero-order valence-electron chi connectivity index (χ0n) is 21.7. The minimum absolute atomic E-state index is 0.0576. The number of hydrogen-bond donors (Lipinski definition) is 0. The van der Waals surface area contributed by atoms with Gasteiger partial charge in [-0.05, 0) is 74.5 Å². The van der Waals surface area contributed by atoms with E-state index in [2.05, 4.69) is 9.08 Å². The summed E-state index contributed by atoms with van der Waals surface area (Å²) in [6, 6.07) is 10.4. The van der Waals surface area contributed by atoms with Crippen LogP contribution in [0.1, 0.15) is 11.1 Å². The van der Waals surface area contributed by atoms with Gasteiger partial charge in [0, 0.05) is 29.7 Å². The maximum atomic E-state index is 11.2. The fourth-order valence-electron chi connectivity index (χ4n) is 3.95. The molecule has 0 fully saturated rings. The second kappa shape index (κ2) is 14.1. The average molecular weight is 599 g/mol. The first-order chi connectivity index (χ1) is 18.5. The Hall–Kier alpha value is -2.63. The van der Waals surface area contributed by atoms with Crippen LogP contribution in [0.5, 0.6) is 11.5 Å². The van der Waals surface area contributed by atoms with E-state index >= 15 is 0 Å². The van der Waals surface area contributed by atoms with E-state index in [1.165, 1.54) is 17.3 Å². The molecule has 0 saturated carbocycles. The van der Waals surface area contributed by atoms with Crippen molar-refractivity contribution in [3.05, 3.63) is 59.9 Å². The standard InChI is InChI=1S/C13H18N2O3S.C11H13NO6S2/c1-14(2)7-6-10-9-15(19(16)17)13-5-4-11(18-3)8-12(10)13;1-17-9-2-3-11-10(6-9)8(4-5-18-20(15)16)7-12(11)19(13)14/h4-5,8-9H,6-7H2,1-3H3,(H,16,17);2-3,6-7H,4-5H2,1H3,(H,13,14)(H,15,16)/p-3. The van der Waals surface area contributed by atoms with Crippen molar-refractivity contribution in [1.82, 2.24) is 12.8 Å². The summed E-state index contributed by atoms with van der Waals surface area (Å²) in [6.45, 7) is 0.805. The van der Waals surface area contributed by atoms with Gasteiger partial charge in [0.1, 0.15) is 11.5 Å². The Morgan fingerprint density at radius 1 is 0.769 bits per heavy atom. The molecule has 4 aromatic rings. The van der Waals surface area contributed by atoms with Crippen LogP contribution in [-0.4, -0.2) is 80.6 Å². The third-order valence-electron chi connectivity index (χ3n) is 5.82. The van der Waals surface area contributed by atoms with Crippen molar-refractivity contribution in [2.24, 2.45) is 0 Å². The quantitative estimate of drug-likeness (QED) is 0.234. The van der Waals surface area contributed by atoms with Crippen molar-refractivity contribution in [3.63, 3.8) is 0 Å². The van der Waals surface area contributed by atoms with Crippen LogP contribution in [0.2, 0.25) is 0 Å². The van der Waals surface area contributed by atoms with E-state index in [0.29, 0.717) is 27.7 Å². The van der Waals surface area contributed by atoms with Crippen LogP contribution in [-0.2, 0) is 50.9 Å². The fraction of sp³-hybridized carbons (Fsp3) is 0.333. The monoisotopic (exact) mass is 598 g/mol. The van der Waals surface area contributed by atoms with Crippen molar-refractivity contribution in [2.45, 2.75) is 12.8 Å². The highest BCUT2D eigenvalue weighted by Crippen LogP contribution is 2.28. The summed E-state index contributed by atoms with van der Waals surface area (Å²) in [5.74, 6) is 1.31. The van der Waals surface area contributed by atoms with Gasteiger partial charge in [0.25, 0.3) is 0 Å². The van der Waals surface area contributed by atoms with E-state index < -0.39 is 33.9 Å². The number of rotatable bonds is 11. The lowest BCUT2D eigenvalue weighted by Crippen LogP contribution is -2.14. The maximum Gasteiger partial charge on any atom is 0.119 e. The van der Waals surface area contributed by atoms with Gasteiger partial charge in [-0.3, -0.25) is 16.4 Å². The molecule has 4 rings (SSSR count). The molecule has 2 aromatic carbocycles. The van der Waals surface area contributed by atoms with Crippen molar-refractivity contribution in [3.8, 4) is 11.5 Å². The number of nitrogens with zero attached hydrogens (tertiary/aromatic N) is 3. The SMILES string of the molecule is COc1ccc2c(c1)c(CCN(C)C)cn2S(=O)[O-].COc1ccc2c(c1)c(CCOS(=O)[O-])cn2S(=O)[O-]. The van der Waals surface area contributed by atoms with Gasteiger partial charge in [-0.25, -0.2) is 4.21 Å². The Morgan fingerprint density at radius 3 is 1.62 bits per heavy atom. The minimum Gasteiger partial charge on any atom is -0.755 e. The van der Waals surface area contributed by atoms with Gasteiger partial charge in [-0.1, -0.05) is 0 Å². The Morgan fingerprint density at radius 2 is 1.23 bits per heavy atom. The first-order valence-corrected chi connectivity index (χ1v) is 14.5. The molecule has 3 unspecified atom stereocenters. The molecule has 0 amide bonds. The predicted molar refractivity (Wildman–Crippen MR) is 146 cm³/mol. The third-order valence-corrected chi connectivity index (χ3v) is 7.43. The van der Waals surface area contributed by atoms with Crippen LogP contribution in [0.3, 0.4) is 0 Å². The predicted octanol–water partition coefficient (Wildman–Crippen LogP) is 2.04. The topological polar surface area (TPSA) is 161 Å². The zero-order chi connectivity index (χ0) is 28.7. The Balaban J connectivity index is 0.000000216. The van der Waals surface area contributed by atoms with Crippen LogP contribution in [0.15, 0.2) is 48.8 Å².